The van der Waals surface area contributed by atoms with E-state index in [1.54, 1.807) is 16.2 Å². The molecule has 0 radical (unpaired) electrons. The molecule has 1 saturated carbocycles. The van der Waals surface area contributed by atoms with Gasteiger partial charge in [0.15, 0.2) is 0 Å². The molecule has 1 aliphatic carbocycles. The maximum atomic E-state index is 13.6. The van der Waals surface area contributed by atoms with E-state index in [-0.39, 0.29) is 30.4 Å². The molecule has 5 heteroatoms. The van der Waals surface area contributed by atoms with E-state index in [2.05, 4.69) is 23.6 Å². The Balaban J connectivity index is 1.43. The zero-order valence-corrected chi connectivity index (χ0v) is 18.5. The molecule has 2 heterocycles. The van der Waals surface area contributed by atoms with Gasteiger partial charge in [0.25, 0.3) is 5.91 Å². The van der Waals surface area contributed by atoms with Crippen molar-refractivity contribution in [2.75, 3.05) is 13.1 Å². The average molecular weight is 431 g/mol. The predicted molar refractivity (Wildman–Crippen MR) is 123 cm³/mol. The van der Waals surface area contributed by atoms with E-state index < -0.39 is 0 Å². The molecule has 1 unspecified atom stereocenters. The van der Waals surface area contributed by atoms with Crippen molar-refractivity contribution < 1.29 is 9.59 Å². The first-order valence-corrected chi connectivity index (χ1v) is 11.8. The van der Waals surface area contributed by atoms with Crippen LogP contribution in [0.3, 0.4) is 0 Å². The summed E-state index contributed by atoms with van der Waals surface area (Å²) in [5, 5.41) is 2.12. The number of fused-ring (bicyclic) bond motifs is 1. The third-order valence-electron chi connectivity index (χ3n) is 6.33. The molecule has 1 atom stereocenters. The van der Waals surface area contributed by atoms with E-state index in [4.69, 9.17) is 0 Å². The van der Waals surface area contributed by atoms with Crippen LogP contribution in [0.4, 0.5) is 0 Å². The lowest BCUT2D eigenvalue weighted by molar-refractivity contribution is -0.134. The predicted octanol–water partition coefficient (Wildman–Crippen LogP) is 4.84. The van der Waals surface area contributed by atoms with Crippen LogP contribution in [0.15, 0.2) is 66.0 Å². The molecule has 1 aliphatic heterocycles. The van der Waals surface area contributed by atoms with Gasteiger partial charge in [-0.2, -0.15) is 0 Å². The number of thiophene rings is 1. The summed E-state index contributed by atoms with van der Waals surface area (Å²) in [7, 11) is 0. The Kier molecular flexibility index (Phi) is 5.36. The molecule has 0 N–H and O–H groups in total. The first-order chi connectivity index (χ1) is 15.1. The van der Waals surface area contributed by atoms with Crippen LogP contribution in [0, 0.1) is 6.92 Å². The zero-order chi connectivity index (χ0) is 21.4. The second-order valence-electron chi connectivity index (χ2n) is 8.43. The van der Waals surface area contributed by atoms with Crippen LogP contribution in [0.5, 0.6) is 0 Å². The van der Waals surface area contributed by atoms with Gasteiger partial charge in [0.2, 0.25) is 5.91 Å². The first-order valence-electron chi connectivity index (χ1n) is 10.9. The van der Waals surface area contributed by atoms with Gasteiger partial charge >= 0.3 is 0 Å². The maximum absolute atomic E-state index is 13.6. The Hall–Kier alpha value is -2.92. The third kappa shape index (κ3) is 3.90. The molecule has 1 aromatic heterocycles. The number of amides is 2. The summed E-state index contributed by atoms with van der Waals surface area (Å²) in [6.07, 6.45) is 2.82. The van der Waals surface area contributed by atoms with Crippen LogP contribution >= 0.6 is 11.3 Å². The van der Waals surface area contributed by atoms with Crippen molar-refractivity contribution in [2.24, 2.45) is 0 Å². The van der Waals surface area contributed by atoms with E-state index in [9.17, 15) is 9.59 Å². The molecule has 5 rings (SSSR count). The lowest BCUT2D eigenvalue weighted by atomic mass is 9.93. The first kappa shape index (κ1) is 20.0. The molecule has 2 aliphatic rings. The number of benzene rings is 2. The molecule has 1 fully saturated rings. The fraction of sp³-hybridized carbons (Fsp3) is 0.308. The SMILES string of the molecule is Cc1ccccc1C(=O)N(CC(=O)N1CCc2sccc2C1c1ccccc1)C1CC1. The van der Waals surface area contributed by atoms with Crippen molar-refractivity contribution in [3.05, 3.63) is 93.2 Å². The van der Waals surface area contributed by atoms with Crippen molar-refractivity contribution in [1.29, 1.82) is 0 Å². The minimum absolute atomic E-state index is 0.0273. The molecule has 2 aromatic carbocycles. The number of hydrogen-bond acceptors (Lipinski definition) is 3. The Labute approximate surface area is 187 Å². The molecule has 4 nitrogen and oxygen atoms in total. The molecule has 31 heavy (non-hydrogen) atoms. The van der Waals surface area contributed by atoms with Crippen molar-refractivity contribution in [1.82, 2.24) is 9.80 Å². The normalized spacial score (nSPS) is 17.8. The van der Waals surface area contributed by atoms with Crippen molar-refractivity contribution in [3.63, 3.8) is 0 Å². The second kappa shape index (κ2) is 8.31. The number of hydrogen-bond donors (Lipinski definition) is 0. The molecular formula is C26H26N2O2S. The van der Waals surface area contributed by atoms with Gasteiger partial charge in [-0.1, -0.05) is 48.5 Å². The van der Waals surface area contributed by atoms with E-state index in [0.29, 0.717) is 12.1 Å². The van der Waals surface area contributed by atoms with Gasteiger partial charge in [-0.15, -0.1) is 11.3 Å². The average Bonchev–Trinajstić information content (AvgIpc) is 3.53. The number of carbonyl (C=O) groups excluding carboxylic acids is 2. The largest absolute Gasteiger partial charge is 0.330 e. The third-order valence-corrected chi connectivity index (χ3v) is 7.33. The van der Waals surface area contributed by atoms with Crippen LogP contribution < -0.4 is 0 Å². The van der Waals surface area contributed by atoms with Crippen LogP contribution in [0.1, 0.15) is 50.8 Å². The highest BCUT2D eigenvalue weighted by molar-refractivity contribution is 7.10. The standard InChI is InChI=1S/C26H26N2O2S/c1-18-7-5-6-10-21(18)26(30)28(20-11-12-20)17-24(29)27-15-13-23-22(14-16-31-23)25(27)19-8-3-2-4-9-19/h2-10,14,16,20,25H,11-13,15,17H2,1H3. The summed E-state index contributed by atoms with van der Waals surface area (Å²) in [6.45, 7) is 2.78. The Bertz CT molecular complexity index is 1100. The van der Waals surface area contributed by atoms with Crippen LogP contribution in [-0.4, -0.2) is 40.7 Å². The highest BCUT2D eigenvalue weighted by Crippen LogP contribution is 2.38. The van der Waals surface area contributed by atoms with Gasteiger partial charge in [-0.3, -0.25) is 9.59 Å². The highest BCUT2D eigenvalue weighted by atomic mass is 32.1. The number of rotatable bonds is 5. The smallest absolute Gasteiger partial charge is 0.254 e. The van der Waals surface area contributed by atoms with Crippen LogP contribution in [0.25, 0.3) is 0 Å². The fourth-order valence-electron chi connectivity index (χ4n) is 4.54. The van der Waals surface area contributed by atoms with E-state index >= 15 is 0 Å². The minimum atomic E-state index is -0.0849. The van der Waals surface area contributed by atoms with Crippen molar-refractivity contribution >= 4 is 23.2 Å². The fourth-order valence-corrected chi connectivity index (χ4v) is 5.44. The summed E-state index contributed by atoms with van der Waals surface area (Å²) in [4.78, 5) is 32.1. The quantitative estimate of drug-likeness (QED) is 0.581. The summed E-state index contributed by atoms with van der Waals surface area (Å²) < 4.78 is 0. The number of aryl methyl sites for hydroxylation is 1. The van der Waals surface area contributed by atoms with Gasteiger partial charge in [0.05, 0.1) is 6.04 Å². The molecular weight excluding hydrogens is 404 g/mol. The minimum Gasteiger partial charge on any atom is -0.330 e. The highest BCUT2D eigenvalue weighted by Gasteiger charge is 2.38. The molecule has 2 amide bonds. The topological polar surface area (TPSA) is 40.6 Å². The lowest BCUT2D eigenvalue weighted by Crippen LogP contribution is -2.47. The Morgan fingerprint density at radius 2 is 1.77 bits per heavy atom. The Morgan fingerprint density at radius 1 is 1.03 bits per heavy atom. The zero-order valence-electron chi connectivity index (χ0n) is 17.7. The molecule has 0 saturated heterocycles. The van der Waals surface area contributed by atoms with Crippen molar-refractivity contribution in [3.8, 4) is 0 Å². The van der Waals surface area contributed by atoms with E-state index in [1.165, 1.54) is 10.4 Å². The summed E-state index contributed by atoms with van der Waals surface area (Å²) in [5.74, 6) is -0.00187. The summed E-state index contributed by atoms with van der Waals surface area (Å²) in [5.41, 5.74) is 3.99. The molecule has 0 bridgehead atoms. The summed E-state index contributed by atoms with van der Waals surface area (Å²) in [6, 6.07) is 20.1. The van der Waals surface area contributed by atoms with Crippen LogP contribution in [-0.2, 0) is 11.2 Å². The number of nitrogens with zero attached hydrogens (tertiary/aromatic N) is 2. The van der Waals surface area contributed by atoms with Gasteiger partial charge in [0, 0.05) is 23.0 Å². The number of carbonyl (C=O) groups is 2. The van der Waals surface area contributed by atoms with Crippen molar-refractivity contribution in [2.45, 2.75) is 38.3 Å². The molecule has 3 aromatic rings. The van der Waals surface area contributed by atoms with Gasteiger partial charge in [0.1, 0.15) is 6.54 Å². The van der Waals surface area contributed by atoms with E-state index in [0.717, 1.165) is 30.4 Å². The molecule has 0 spiro atoms. The second-order valence-corrected chi connectivity index (χ2v) is 9.43. The maximum Gasteiger partial charge on any atom is 0.254 e. The Morgan fingerprint density at radius 3 is 2.52 bits per heavy atom. The summed E-state index contributed by atoms with van der Waals surface area (Å²) >= 11 is 1.77. The monoisotopic (exact) mass is 430 g/mol. The van der Waals surface area contributed by atoms with Gasteiger partial charge < -0.3 is 9.80 Å². The lowest BCUT2D eigenvalue weighted by Gasteiger charge is -2.37. The van der Waals surface area contributed by atoms with Gasteiger partial charge in [-0.25, -0.2) is 0 Å². The van der Waals surface area contributed by atoms with E-state index in [1.807, 2.05) is 54.3 Å². The molecule has 158 valence electrons. The van der Waals surface area contributed by atoms with Crippen LogP contribution in [0.2, 0.25) is 0 Å². The van der Waals surface area contributed by atoms with Gasteiger partial charge in [-0.05, 0) is 60.4 Å².